The molecule has 12 nitrogen and oxygen atoms in total. The Hall–Kier alpha value is -0.570. The van der Waals surface area contributed by atoms with Crippen LogP contribution in [0.25, 0.3) is 0 Å². The summed E-state index contributed by atoms with van der Waals surface area (Å²) >= 11 is -4.05. The van der Waals surface area contributed by atoms with Crippen molar-refractivity contribution in [1.29, 1.82) is 0 Å². The van der Waals surface area contributed by atoms with Crippen LogP contribution in [0.4, 0.5) is 0 Å². The molecule has 15 heteroatoms. The second kappa shape index (κ2) is 31.7. The van der Waals surface area contributed by atoms with Crippen molar-refractivity contribution in [3.05, 3.63) is 0 Å². The predicted octanol–water partition coefficient (Wildman–Crippen LogP) is -6.77. The molecule has 0 aliphatic rings. The summed E-state index contributed by atoms with van der Waals surface area (Å²) in [5, 5.41) is 0. The Balaban J connectivity index is -0.000000231. The number of hydrogen-bond donors (Lipinski definition) is 6. The molecule has 0 radical (unpaired) electrons. The predicted molar refractivity (Wildman–Crippen MR) is 76.6 cm³/mol. The van der Waals surface area contributed by atoms with Gasteiger partial charge in [-0.15, -0.1) is 0 Å². The first-order chi connectivity index (χ1) is 10.2. The van der Waals surface area contributed by atoms with Gasteiger partial charge in [-0.1, -0.05) is 0 Å². The van der Waals surface area contributed by atoms with Crippen molar-refractivity contribution in [2.75, 3.05) is 0 Å². The van der Waals surface area contributed by atoms with Crippen molar-refractivity contribution < 1.29 is 28.8 Å². The van der Waals surface area contributed by atoms with Gasteiger partial charge in [-0.05, 0) is 0 Å². The molecule has 0 aliphatic carbocycles. The van der Waals surface area contributed by atoms with Crippen LogP contribution in [-0.2, 0) is 28.8 Å². The zero-order valence-electron chi connectivity index (χ0n) is 11.0. The zero-order valence-corrected chi connectivity index (χ0v) is 23.1. The van der Waals surface area contributed by atoms with Crippen LogP contribution in [-0.4, -0.2) is 109 Å². The van der Waals surface area contributed by atoms with E-state index >= 15 is 0 Å². The third-order valence-corrected chi connectivity index (χ3v) is 7.46. The fourth-order valence-electron chi connectivity index (χ4n) is 0.427. The summed E-state index contributed by atoms with van der Waals surface area (Å²) in [6.07, 6.45) is 3.62. The average molecular weight is 612 g/mol. The van der Waals surface area contributed by atoms with Crippen LogP contribution in [0.5, 0.6) is 0 Å². The van der Waals surface area contributed by atoms with E-state index in [1.165, 1.54) is 0 Å². The van der Waals surface area contributed by atoms with E-state index < -0.39 is 70.4 Å². The van der Waals surface area contributed by atoms with Gasteiger partial charge >= 0.3 is 157 Å². The Morgan fingerprint density at radius 2 is 0.524 bits per heavy atom. The summed E-state index contributed by atoms with van der Waals surface area (Å²) in [6, 6.07) is 0. The molecule has 0 spiro atoms. The topological polar surface area (TPSA) is 175 Å². The SMILES string of the molecule is O=C[NH][InH][NH]C=O.O=C[NH][InH][NH]C=O.O=C[NH][InH][NH]C=O. The van der Waals surface area contributed by atoms with Crippen LogP contribution in [0.15, 0.2) is 0 Å². The Labute approximate surface area is 156 Å². The molecule has 0 bridgehead atoms. The molecule has 21 heavy (non-hydrogen) atoms. The first kappa shape index (κ1) is 25.4. The van der Waals surface area contributed by atoms with Crippen LogP contribution < -0.4 is 19.8 Å². The molecule has 6 N–H and O–H groups in total. The number of carbonyl (C=O) groups is 6. The summed E-state index contributed by atoms with van der Waals surface area (Å²) in [7, 11) is 0. The Morgan fingerprint density at radius 1 is 0.381 bits per heavy atom. The van der Waals surface area contributed by atoms with E-state index in [-0.39, 0.29) is 0 Å². The molecular formula is C6H15In3N6O6. The Kier molecular flexibility index (Phi) is 38.3. The van der Waals surface area contributed by atoms with Gasteiger partial charge in [0.15, 0.2) is 0 Å². The molecule has 0 atom stereocenters. The van der Waals surface area contributed by atoms with Crippen LogP contribution >= 0.6 is 0 Å². The van der Waals surface area contributed by atoms with Gasteiger partial charge < -0.3 is 0 Å². The number of carbonyl (C=O) groups excluding carboxylic acids is 6. The summed E-state index contributed by atoms with van der Waals surface area (Å²) in [6.45, 7) is 0. The summed E-state index contributed by atoms with van der Waals surface area (Å²) in [4.78, 5) is 56.8. The fraction of sp³-hybridized carbons (Fsp3) is 0. The van der Waals surface area contributed by atoms with Crippen molar-refractivity contribution in [3.63, 3.8) is 0 Å². The van der Waals surface area contributed by atoms with Crippen LogP contribution in [0.3, 0.4) is 0 Å². The minimum atomic E-state index is -1.35. The van der Waals surface area contributed by atoms with E-state index in [4.69, 9.17) is 0 Å². The molecule has 0 aromatic heterocycles. The molecule has 0 rings (SSSR count). The van der Waals surface area contributed by atoms with Crippen LogP contribution in [0, 0.1) is 0 Å². The van der Waals surface area contributed by atoms with Gasteiger partial charge in [0.1, 0.15) is 0 Å². The summed E-state index contributed by atoms with van der Waals surface area (Å²) in [5.74, 6) is 0. The van der Waals surface area contributed by atoms with E-state index in [0.717, 1.165) is 0 Å². The number of nitrogens with one attached hydrogen (secondary N) is 6. The third kappa shape index (κ3) is 45.2. The van der Waals surface area contributed by atoms with Gasteiger partial charge in [0.05, 0.1) is 0 Å². The molecule has 6 amide bonds. The molecule has 0 aliphatic heterocycles. The normalized spacial score (nSPS) is 6.29. The van der Waals surface area contributed by atoms with Crippen molar-refractivity contribution in [2.24, 2.45) is 0 Å². The van der Waals surface area contributed by atoms with Gasteiger partial charge in [-0.25, -0.2) is 0 Å². The molecule has 0 heterocycles. The van der Waals surface area contributed by atoms with Gasteiger partial charge in [-0.3, -0.25) is 0 Å². The minimum absolute atomic E-state index is 0.604. The van der Waals surface area contributed by atoms with Gasteiger partial charge in [0.2, 0.25) is 0 Å². The molecular weight excluding hydrogens is 597 g/mol. The Bertz CT molecular complexity index is 219. The molecule has 0 aromatic carbocycles. The van der Waals surface area contributed by atoms with Gasteiger partial charge in [0, 0.05) is 0 Å². The standard InChI is InChI=1S/6CH3NO.3In.3H/c6*2-1-3;;;;;;/h6*1H,(H2,2,3);;;;;;/q;;;;;;3*+2;;;/p-6. The first-order valence-electron chi connectivity index (χ1n) is 5.27. The van der Waals surface area contributed by atoms with Crippen molar-refractivity contribution in [1.82, 2.24) is 19.8 Å². The maximum atomic E-state index is 9.47. The van der Waals surface area contributed by atoms with Crippen LogP contribution in [0.1, 0.15) is 0 Å². The Morgan fingerprint density at radius 3 is 0.619 bits per heavy atom. The van der Waals surface area contributed by atoms with Crippen molar-refractivity contribution in [3.8, 4) is 0 Å². The van der Waals surface area contributed by atoms with Gasteiger partial charge in [0.25, 0.3) is 0 Å². The van der Waals surface area contributed by atoms with E-state index in [9.17, 15) is 28.8 Å². The summed E-state index contributed by atoms with van der Waals surface area (Å²) < 4.78 is 14.6. The molecule has 0 aromatic rings. The fourth-order valence-corrected chi connectivity index (χ4v) is 2.86. The van der Waals surface area contributed by atoms with Crippen molar-refractivity contribution in [2.45, 2.75) is 0 Å². The second-order valence-corrected chi connectivity index (χ2v) is 12.5. The third-order valence-electron chi connectivity index (χ3n) is 1.11. The average Bonchev–Trinajstić information content (AvgIpc) is 2.50. The first-order valence-corrected chi connectivity index (χ1v) is 17.4. The molecule has 0 fully saturated rings. The number of amides is 6. The summed E-state index contributed by atoms with van der Waals surface area (Å²) in [5.41, 5.74) is 0. The molecule has 114 valence electrons. The zero-order chi connectivity index (χ0) is 16.6. The quantitative estimate of drug-likeness (QED) is 0.0945. The van der Waals surface area contributed by atoms with Crippen LogP contribution in [0.2, 0.25) is 0 Å². The van der Waals surface area contributed by atoms with E-state index in [0.29, 0.717) is 38.5 Å². The number of hydrogen-bond acceptors (Lipinski definition) is 6. The second-order valence-electron chi connectivity index (χ2n) is 2.46. The van der Waals surface area contributed by atoms with E-state index in [1.807, 2.05) is 0 Å². The molecule has 0 saturated heterocycles. The van der Waals surface area contributed by atoms with Gasteiger partial charge in [-0.2, -0.15) is 0 Å². The van der Waals surface area contributed by atoms with E-state index in [2.05, 4.69) is 19.8 Å². The molecule has 0 unspecified atom stereocenters. The number of rotatable bonds is 12. The van der Waals surface area contributed by atoms with E-state index in [1.54, 1.807) is 0 Å². The maximum absolute atomic E-state index is 9.47. The monoisotopic (exact) mass is 612 g/mol. The van der Waals surface area contributed by atoms with Crippen molar-refractivity contribution >= 4 is 109 Å². The molecule has 0 saturated carbocycles.